The Labute approximate surface area is 85.8 Å². The third kappa shape index (κ3) is 4.61. The van der Waals surface area contributed by atoms with Gasteiger partial charge in [0.05, 0.1) is 6.10 Å². The molecule has 1 rings (SSSR count). The van der Waals surface area contributed by atoms with E-state index in [1.807, 2.05) is 20.8 Å². The highest BCUT2D eigenvalue weighted by molar-refractivity contribution is 5.69. The molecule has 0 aliphatic carbocycles. The summed E-state index contributed by atoms with van der Waals surface area (Å²) in [5, 5.41) is 0. The third-order valence-corrected chi connectivity index (χ3v) is 2.11. The molecule has 0 radical (unpaired) electrons. The zero-order valence-corrected chi connectivity index (χ0v) is 9.34. The quantitative estimate of drug-likeness (QED) is 0.656. The minimum atomic E-state index is -0.367. The molecule has 1 unspecified atom stereocenters. The van der Waals surface area contributed by atoms with E-state index in [4.69, 9.17) is 9.47 Å². The first-order chi connectivity index (χ1) is 6.47. The number of esters is 1. The zero-order valence-electron chi connectivity index (χ0n) is 9.34. The smallest absolute Gasteiger partial charge is 0.306 e. The molecule has 0 N–H and O–H groups in total. The third-order valence-electron chi connectivity index (χ3n) is 2.11. The number of rotatable bonds is 3. The summed E-state index contributed by atoms with van der Waals surface area (Å²) in [6.45, 7) is 6.50. The summed E-state index contributed by atoms with van der Waals surface area (Å²) in [7, 11) is 0. The van der Waals surface area contributed by atoms with Crippen molar-refractivity contribution in [2.24, 2.45) is 0 Å². The average molecular weight is 200 g/mol. The molecule has 82 valence electrons. The lowest BCUT2D eigenvalue weighted by atomic mass is 10.1. The van der Waals surface area contributed by atoms with Crippen LogP contribution < -0.4 is 0 Å². The molecule has 0 aromatic heterocycles. The SMILES string of the molecule is CC(C)(C)OC(=O)CCC1CCCO1. The van der Waals surface area contributed by atoms with Crippen LogP contribution in [0.25, 0.3) is 0 Å². The van der Waals surface area contributed by atoms with Gasteiger partial charge in [0, 0.05) is 13.0 Å². The van der Waals surface area contributed by atoms with Gasteiger partial charge in [-0.2, -0.15) is 0 Å². The van der Waals surface area contributed by atoms with Gasteiger partial charge in [0.15, 0.2) is 0 Å². The van der Waals surface area contributed by atoms with E-state index in [2.05, 4.69) is 0 Å². The maximum atomic E-state index is 11.3. The first kappa shape index (κ1) is 11.5. The lowest BCUT2D eigenvalue weighted by molar-refractivity contribution is -0.155. The van der Waals surface area contributed by atoms with Crippen LogP contribution in [0.1, 0.15) is 46.5 Å². The molecule has 1 fully saturated rings. The monoisotopic (exact) mass is 200 g/mol. The highest BCUT2D eigenvalue weighted by Gasteiger charge is 2.20. The van der Waals surface area contributed by atoms with Gasteiger partial charge >= 0.3 is 5.97 Å². The first-order valence-corrected chi connectivity index (χ1v) is 5.31. The Balaban J connectivity index is 2.14. The Kier molecular flexibility index (Phi) is 3.93. The van der Waals surface area contributed by atoms with E-state index in [0.29, 0.717) is 6.42 Å². The fourth-order valence-corrected chi connectivity index (χ4v) is 1.54. The number of ether oxygens (including phenoxy) is 2. The van der Waals surface area contributed by atoms with Gasteiger partial charge in [0.25, 0.3) is 0 Å². The first-order valence-electron chi connectivity index (χ1n) is 5.31. The van der Waals surface area contributed by atoms with Gasteiger partial charge in [-0.1, -0.05) is 0 Å². The van der Waals surface area contributed by atoms with Gasteiger partial charge in [-0.15, -0.1) is 0 Å². The molecular weight excluding hydrogens is 180 g/mol. The van der Waals surface area contributed by atoms with E-state index in [0.717, 1.165) is 25.9 Å². The molecule has 1 aliphatic rings. The Bertz CT molecular complexity index is 187. The van der Waals surface area contributed by atoms with Crippen molar-refractivity contribution in [1.82, 2.24) is 0 Å². The summed E-state index contributed by atoms with van der Waals surface area (Å²) in [5.74, 6) is -0.118. The van der Waals surface area contributed by atoms with Gasteiger partial charge in [0.1, 0.15) is 5.60 Å². The number of hydrogen-bond acceptors (Lipinski definition) is 3. The molecule has 14 heavy (non-hydrogen) atoms. The van der Waals surface area contributed by atoms with E-state index >= 15 is 0 Å². The molecule has 1 aliphatic heterocycles. The minimum absolute atomic E-state index is 0.118. The van der Waals surface area contributed by atoms with Crippen molar-refractivity contribution >= 4 is 5.97 Å². The molecule has 0 saturated carbocycles. The molecule has 0 aromatic carbocycles. The number of carbonyl (C=O) groups excluding carboxylic acids is 1. The summed E-state index contributed by atoms with van der Waals surface area (Å²) in [4.78, 5) is 11.3. The van der Waals surface area contributed by atoms with E-state index < -0.39 is 0 Å². The molecule has 1 saturated heterocycles. The fourth-order valence-electron chi connectivity index (χ4n) is 1.54. The average Bonchev–Trinajstić information content (AvgIpc) is 2.49. The van der Waals surface area contributed by atoms with Crippen LogP contribution in [0.4, 0.5) is 0 Å². The topological polar surface area (TPSA) is 35.5 Å². The molecule has 3 heteroatoms. The van der Waals surface area contributed by atoms with E-state index in [1.54, 1.807) is 0 Å². The lowest BCUT2D eigenvalue weighted by Gasteiger charge is -2.19. The second kappa shape index (κ2) is 4.78. The van der Waals surface area contributed by atoms with Crippen molar-refractivity contribution in [3.8, 4) is 0 Å². The predicted octanol–water partition coefficient (Wildman–Crippen LogP) is 2.29. The summed E-state index contributed by atoms with van der Waals surface area (Å²) < 4.78 is 10.6. The second-order valence-electron chi connectivity index (χ2n) is 4.76. The summed E-state index contributed by atoms with van der Waals surface area (Å²) >= 11 is 0. The normalized spacial score (nSPS) is 22.4. The predicted molar refractivity (Wildman–Crippen MR) is 54.1 cm³/mol. The maximum Gasteiger partial charge on any atom is 0.306 e. The molecule has 0 aromatic rings. The van der Waals surface area contributed by atoms with Crippen LogP contribution in [0.15, 0.2) is 0 Å². The Hall–Kier alpha value is -0.570. The van der Waals surface area contributed by atoms with Crippen molar-refractivity contribution in [3.63, 3.8) is 0 Å². The van der Waals surface area contributed by atoms with Gasteiger partial charge in [-0.25, -0.2) is 0 Å². The largest absolute Gasteiger partial charge is 0.460 e. The van der Waals surface area contributed by atoms with Gasteiger partial charge in [0.2, 0.25) is 0 Å². The van der Waals surface area contributed by atoms with Crippen molar-refractivity contribution in [3.05, 3.63) is 0 Å². The molecule has 0 bridgehead atoms. The number of carbonyl (C=O) groups is 1. The van der Waals surface area contributed by atoms with Crippen LogP contribution in [0.5, 0.6) is 0 Å². The number of hydrogen-bond donors (Lipinski definition) is 0. The zero-order chi connectivity index (χ0) is 10.6. The molecule has 0 amide bonds. The summed E-state index contributed by atoms with van der Waals surface area (Å²) in [5.41, 5.74) is -0.367. The molecular formula is C11H20O3. The van der Waals surface area contributed by atoms with Crippen LogP contribution in [0.3, 0.4) is 0 Å². The molecule has 0 spiro atoms. The van der Waals surface area contributed by atoms with E-state index in [-0.39, 0.29) is 17.7 Å². The standard InChI is InChI=1S/C11H20O3/c1-11(2,3)14-10(12)7-6-9-5-4-8-13-9/h9H,4-8H2,1-3H3. The van der Waals surface area contributed by atoms with Crippen LogP contribution in [0.2, 0.25) is 0 Å². The Morgan fingerprint density at radius 2 is 2.21 bits per heavy atom. The van der Waals surface area contributed by atoms with Crippen molar-refractivity contribution in [2.45, 2.75) is 58.2 Å². The molecule has 1 heterocycles. The van der Waals surface area contributed by atoms with Gasteiger partial charge in [-0.05, 0) is 40.0 Å². The van der Waals surface area contributed by atoms with E-state index in [9.17, 15) is 4.79 Å². The van der Waals surface area contributed by atoms with Crippen LogP contribution >= 0.6 is 0 Å². The van der Waals surface area contributed by atoms with Crippen LogP contribution in [0, 0.1) is 0 Å². The highest BCUT2D eigenvalue weighted by atomic mass is 16.6. The van der Waals surface area contributed by atoms with E-state index in [1.165, 1.54) is 0 Å². The van der Waals surface area contributed by atoms with Crippen molar-refractivity contribution < 1.29 is 14.3 Å². The highest BCUT2D eigenvalue weighted by Crippen LogP contribution is 2.18. The molecule has 1 atom stereocenters. The second-order valence-corrected chi connectivity index (χ2v) is 4.76. The maximum absolute atomic E-state index is 11.3. The van der Waals surface area contributed by atoms with Crippen molar-refractivity contribution in [1.29, 1.82) is 0 Å². The lowest BCUT2D eigenvalue weighted by Crippen LogP contribution is -2.24. The van der Waals surface area contributed by atoms with Gasteiger partial charge in [-0.3, -0.25) is 4.79 Å². The van der Waals surface area contributed by atoms with Gasteiger partial charge < -0.3 is 9.47 Å². The summed E-state index contributed by atoms with van der Waals surface area (Å²) in [6, 6.07) is 0. The summed E-state index contributed by atoms with van der Waals surface area (Å²) in [6.07, 6.45) is 3.76. The Morgan fingerprint density at radius 3 is 2.71 bits per heavy atom. The Morgan fingerprint density at radius 1 is 1.50 bits per heavy atom. The van der Waals surface area contributed by atoms with Crippen LogP contribution in [-0.2, 0) is 14.3 Å². The molecule has 3 nitrogen and oxygen atoms in total. The minimum Gasteiger partial charge on any atom is -0.460 e. The fraction of sp³-hybridized carbons (Fsp3) is 0.909. The van der Waals surface area contributed by atoms with Crippen molar-refractivity contribution in [2.75, 3.05) is 6.61 Å². The van der Waals surface area contributed by atoms with Crippen LogP contribution in [-0.4, -0.2) is 24.3 Å².